The highest BCUT2D eigenvalue weighted by Gasteiger charge is 2.15. The second-order valence-electron chi connectivity index (χ2n) is 9.07. The SMILES string of the molecule is CN1CCN(Cc2ccc(-c3cnc4[nH]cc(-c5cc(C#N)c6[nH]ncc6c5)c4c3)cc2)CC1. The molecule has 168 valence electrons. The molecule has 7 heteroatoms. The number of fused-ring (bicyclic) bond motifs is 2. The summed E-state index contributed by atoms with van der Waals surface area (Å²) in [4.78, 5) is 12.8. The van der Waals surface area contributed by atoms with E-state index in [4.69, 9.17) is 0 Å². The number of piperazine rings is 1. The Hall–Kier alpha value is -3.99. The van der Waals surface area contributed by atoms with Crippen LogP contribution in [0.2, 0.25) is 0 Å². The van der Waals surface area contributed by atoms with Crippen molar-refractivity contribution >= 4 is 21.9 Å². The second-order valence-corrected chi connectivity index (χ2v) is 9.07. The summed E-state index contributed by atoms with van der Waals surface area (Å²) in [6, 6.07) is 17.2. The van der Waals surface area contributed by atoms with E-state index in [1.807, 2.05) is 18.5 Å². The summed E-state index contributed by atoms with van der Waals surface area (Å²) < 4.78 is 0. The molecule has 1 aliphatic heterocycles. The molecule has 0 amide bonds. The minimum absolute atomic E-state index is 0.583. The predicted molar refractivity (Wildman–Crippen MR) is 134 cm³/mol. The number of nitriles is 1. The van der Waals surface area contributed by atoms with Crippen molar-refractivity contribution in [2.75, 3.05) is 33.2 Å². The van der Waals surface area contributed by atoms with Crippen LogP contribution in [-0.2, 0) is 6.54 Å². The quantitative estimate of drug-likeness (QED) is 0.427. The average Bonchev–Trinajstić information content (AvgIpc) is 3.52. The van der Waals surface area contributed by atoms with Gasteiger partial charge in [-0.3, -0.25) is 10.00 Å². The average molecular weight is 448 g/mol. The fourth-order valence-corrected chi connectivity index (χ4v) is 4.77. The third-order valence-electron chi connectivity index (χ3n) is 6.80. The number of rotatable bonds is 4. The lowest BCUT2D eigenvalue weighted by atomic mass is 9.99. The van der Waals surface area contributed by atoms with Crippen molar-refractivity contribution in [3.63, 3.8) is 0 Å². The van der Waals surface area contributed by atoms with Gasteiger partial charge in [-0.15, -0.1) is 0 Å². The van der Waals surface area contributed by atoms with Crippen LogP contribution in [0.4, 0.5) is 0 Å². The van der Waals surface area contributed by atoms with Gasteiger partial charge in [-0.25, -0.2) is 4.98 Å². The highest BCUT2D eigenvalue weighted by Crippen LogP contribution is 2.33. The molecule has 6 rings (SSSR count). The molecule has 4 heterocycles. The highest BCUT2D eigenvalue weighted by molar-refractivity contribution is 5.99. The second kappa shape index (κ2) is 8.41. The third kappa shape index (κ3) is 3.73. The summed E-state index contributed by atoms with van der Waals surface area (Å²) in [7, 11) is 2.19. The number of aromatic nitrogens is 4. The summed E-state index contributed by atoms with van der Waals surface area (Å²) in [6.07, 6.45) is 5.63. The number of nitrogens with zero attached hydrogens (tertiary/aromatic N) is 5. The van der Waals surface area contributed by atoms with Gasteiger partial charge in [0.1, 0.15) is 11.7 Å². The van der Waals surface area contributed by atoms with E-state index >= 15 is 0 Å². The van der Waals surface area contributed by atoms with Crippen molar-refractivity contribution in [3.8, 4) is 28.3 Å². The molecular formula is C27H25N7. The lowest BCUT2D eigenvalue weighted by Crippen LogP contribution is -2.43. The zero-order valence-electron chi connectivity index (χ0n) is 19.0. The number of pyridine rings is 1. The minimum Gasteiger partial charge on any atom is -0.346 e. The fraction of sp³-hybridized carbons (Fsp3) is 0.222. The Bertz CT molecular complexity index is 1510. The first-order chi connectivity index (χ1) is 16.7. The van der Waals surface area contributed by atoms with E-state index in [0.717, 1.165) is 76.9 Å². The first-order valence-corrected chi connectivity index (χ1v) is 11.5. The van der Waals surface area contributed by atoms with Gasteiger partial charge in [0.2, 0.25) is 0 Å². The summed E-state index contributed by atoms with van der Waals surface area (Å²) in [5.74, 6) is 0. The van der Waals surface area contributed by atoms with E-state index in [1.165, 1.54) is 5.56 Å². The van der Waals surface area contributed by atoms with Gasteiger partial charge in [0.15, 0.2) is 0 Å². The van der Waals surface area contributed by atoms with Crippen LogP contribution in [0.5, 0.6) is 0 Å². The lowest BCUT2D eigenvalue weighted by Gasteiger charge is -2.32. The standard InChI is InChI=1S/C27H25N7/c1-33-6-8-34(9-7-33)17-18-2-4-19(5-3-18)22-12-24-25(16-30-27(24)29-14-22)20-10-21(13-28)26-23(11-20)15-31-32-26/h2-5,10-12,14-16H,6-9,17H2,1H3,(H,29,30)(H,31,32). The normalized spacial score (nSPS) is 15.2. The number of nitrogens with one attached hydrogen (secondary N) is 2. The molecule has 0 unspecified atom stereocenters. The molecule has 3 aromatic heterocycles. The van der Waals surface area contributed by atoms with E-state index in [1.54, 1.807) is 6.20 Å². The van der Waals surface area contributed by atoms with Crippen LogP contribution < -0.4 is 0 Å². The number of H-pyrrole nitrogens is 2. The summed E-state index contributed by atoms with van der Waals surface area (Å²) in [6.45, 7) is 5.49. The molecule has 0 bridgehead atoms. The van der Waals surface area contributed by atoms with Gasteiger partial charge >= 0.3 is 0 Å². The third-order valence-corrected chi connectivity index (χ3v) is 6.80. The maximum absolute atomic E-state index is 9.60. The Morgan fingerprint density at radius 3 is 2.59 bits per heavy atom. The van der Waals surface area contributed by atoms with Gasteiger partial charge in [0.05, 0.1) is 17.3 Å². The number of benzene rings is 2. The maximum Gasteiger partial charge on any atom is 0.137 e. The number of aromatic amines is 2. The van der Waals surface area contributed by atoms with Crippen LogP contribution in [0.1, 0.15) is 11.1 Å². The van der Waals surface area contributed by atoms with Crippen molar-refractivity contribution in [3.05, 3.63) is 72.2 Å². The molecule has 0 atom stereocenters. The molecule has 34 heavy (non-hydrogen) atoms. The monoisotopic (exact) mass is 447 g/mol. The summed E-state index contributed by atoms with van der Waals surface area (Å²) in [5, 5.41) is 18.6. The molecule has 5 aromatic rings. The van der Waals surface area contributed by atoms with Crippen LogP contribution in [-0.4, -0.2) is 63.2 Å². The minimum atomic E-state index is 0.583. The zero-order valence-corrected chi connectivity index (χ0v) is 19.0. The fourth-order valence-electron chi connectivity index (χ4n) is 4.77. The Morgan fingerprint density at radius 1 is 0.971 bits per heavy atom. The predicted octanol–water partition coefficient (Wildman–Crippen LogP) is 4.39. The van der Waals surface area contributed by atoms with Crippen LogP contribution >= 0.6 is 0 Å². The first kappa shape index (κ1) is 20.6. The van der Waals surface area contributed by atoms with E-state index < -0.39 is 0 Å². The van der Waals surface area contributed by atoms with Crippen molar-refractivity contribution in [1.29, 1.82) is 5.26 Å². The molecule has 1 saturated heterocycles. The topological polar surface area (TPSA) is 87.6 Å². The van der Waals surface area contributed by atoms with E-state index in [9.17, 15) is 5.26 Å². The van der Waals surface area contributed by atoms with Crippen molar-refractivity contribution in [2.45, 2.75) is 6.54 Å². The lowest BCUT2D eigenvalue weighted by molar-refractivity contribution is 0.148. The van der Waals surface area contributed by atoms with Crippen LogP contribution in [0.15, 0.2) is 61.1 Å². The van der Waals surface area contributed by atoms with Crippen molar-refractivity contribution in [2.24, 2.45) is 0 Å². The van der Waals surface area contributed by atoms with Crippen LogP contribution in [0.25, 0.3) is 44.2 Å². The molecular weight excluding hydrogens is 422 g/mol. The van der Waals surface area contributed by atoms with Crippen LogP contribution in [0.3, 0.4) is 0 Å². The van der Waals surface area contributed by atoms with Gasteiger partial charge in [-0.1, -0.05) is 24.3 Å². The summed E-state index contributed by atoms with van der Waals surface area (Å²) >= 11 is 0. The smallest absolute Gasteiger partial charge is 0.137 e. The van der Waals surface area contributed by atoms with E-state index in [0.29, 0.717) is 5.56 Å². The van der Waals surface area contributed by atoms with E-state index in [-0.39, 0.29) is 0 Å². The van der Waals surface area contributed by atoms with Crippen molar-refractivity contribution in [1.82, 2.24) is 30.0 Å². The molecule has 0 radical (unpaired) electrons. The largest absolute Gasteiger partial charge is 0.346 e. The molecule has 1 fully saturated rings. The molecule has 0 saturated carbocycles. The Balaban J connectivity index is 1.31. The molecule has 1 aliphatic rings. The molecule has 2 N–H and O–H groups in total. The number of hydrogen-bond acceptors (Lipinski definition) is 5. The van der Waals surface area contributed by atoms with Gasteiger partial charge < -0.3 is 9.88 Å². The number of hydrogen-bond donors (Lipinski definition) is 2. The Labute approximate surface area is 197 Å². The molecule has 7 nitrogen and oxygen atoms in total. The first-order valence-electron chi connectivity index (χ1n) is 11.5. The number of likely N-dealkylation sites (N-methyl/N-ethyl adjacent to an activating group) is 1. The molecule has 0 aliphatic carbocycles. The van der Waals surface area contributed by atoms with Crippen molar-refractivity contribution < 1.29 is 0 Å². The highest BCUT2D eigenvalue weighted by atomic mass is 15.2. The van der Waals surface area contributed by atoms with Gasteiger partial charge in [-0.05, 0) is 41.9 Å². The van der Waals surface area contributed by atoms with E-state index in [2.05, 4.69) is 79.5 Å². The van der Waals surface area contributed by atoms with Gasteiger partial charge in [0.25, 0.3) is 0 Å². The summed E-state index contributed by atoms with van der Waals surface area (Å²) in [5.41, 5.74) is 7.73. The zero-order chi connectivity index (χ0) is 23.1. The van der Waals surface area contributed by atoms with Gasteiger partial charge in [0, 0.05) is 67.0 Å². The van der Waals surface area contributed by atoms with Gasteiger partial charge in [-0.2, -0.15) is 10.4 Å². The molecule has 0 spiro atoms. The maximum atomic E-state index is 9.60. The Kier molecular flexibility index (Phi) is 5.10. The molecule has 2 aromatic carbocycles. The Morgan fingerprint density at radius 2 is 1.79 bits per heavy atom. The van der Waals surface area contributed by atoms with Crippen LogP contribution in [0, 0.1) is 11.3 Å².